The molecule has 9 aromatic carbocycles. The molecule has 0 amide bonds. The molecular formula is C60H43N. The minimum absolute atomic E-state index is 0.0504. The van der Waals surface area contributed by atoms with E-state index >= 15 is 0 Å². The van der Waals surface area contributed by atoms with E-state index < -0.39 is 5.41 Å². The molecule has 2 heterocycles. The Morgan fingerprint density at radius 1 is 0.410 bits per heavy atom. The van der Waals surface area contributed by atoms with Crippen LogP contribution in [0.2, 0.25) is 0 Å². The summed E-state index contributed by atoms with van der Waals surface area (Å²) in [7, 11) is 0. The van der Waals surface area contributed by atoms with Crippen LogP contribution in [0.4, 0.5) is 0 Å². The Bertz CT molecular complexity index is 3420. The van der Waals surface area contributed by atoms with E-state index in [1.165, 1.54) is 111 Å². The Kier molecular flexibility index (Phi) is 7.18. The summed E-state index contributed by atoms with van der Waals surface area (Å²) < 4.78 is 2.53. The molecule has 61 heavy (non-hydrogen) atoms. The molecule has 0 N–H and O–H groups in total. The zero-order chi connectivity index (χ0) is 40.5. The lowest BCUT2D eigenvalue weighted by Gasteiger charge is -2.39. The molecule has 0 fully saturated rings. The topological polar surface area (TPSA) is 4.93 Å². The fourth-order valence-corrected chi connectivity index (χ4v) is 11.9. The van der Waals surface area contributed by atoms with Crippen molar-refractivity contribution in [3.8, 4) is 39.1 Å². The SMILES string of the molecule is CC1(C)c2ccccc2-c2ccc(C[C@@H](c3ccc(-c4ccccc4)cc3)c3ccc4c(c3)-c3ccccc3C43c4ccccc4-n4c5ccccc5c5cccc3c54)cc21. The van der Waals surface area contributed by atoms with Crippen LogP contribution in [0.3, 0.4) is 0 Å². The normalized spacial score (nSPS) is 16.6. The maximum Gasteiger partial charge on any atom is 0.0754 e. The van der Waals surface area contributed by atoms with E-state index in [9.17, 15) is 0 Å². The number of benzene rings is 9. The van der Waals surface area contributed by atoms with Gasteiger partial charge in [-0.2, -0.15) is 0 Å². The number of hydrogen-bond acceptors (Lipinski definition) is 0. The Hall–Kier alpha value is -7.22. The number of hydrogen-bond donors (Lipinski definition) is 0. The third kappa shape index (κ3) is 4.67. The molecule has 1 heteroatoms. The second-order valence-corrected chi connectivity index (χ2v) is 18.0. The lowest BCUT2D eigenvalue weighted by atomic mass is 9.65. The molecule has 10 aromatic rings. The number of rotatable bonds is 5. The van der Waals surface area contributed by atoms with Crippen LogP contribution in [0.5, 0.6) is 0 Å². The lowest BCUT2D eigenvalue weighted by Crippen LogP contribution is -2.33. The average Bonchev–Trinajstić information content (AvgIpc) is 3.89. The predicted molar refractivity (Wildman–Crippen MR) is 253 cm³/mol. The molecule has 13 rings (SSSR count). The van der Waals surface area contributed by atoms with Gasteiger partial charge in [-0.25, -0.2) is 0 Å². The van der Waals surface area contributed by atoms with Gasteiger partial charge in [0.05, 0.1) is 22.1 Å². The molecule has 0 saturated heterocycles. The highest BCUT2D eigenvalue weighted by Gasteiger charge is 2.51. The first-order valence-corrected chi connectivity index (χ1v) is 21.8. The van der Waals surface area contributed by atoms with Crippen LogP contribution >= 0.6 is 0 Å². The first-order chi connectivity index (χ1) is 30.0. The summed E-state index contributed by atoms with van der Waals surface area (Å²) in [6.07, 6.45) is 0.901. The van der Waals surface area contributed by atoms with Crippen molar-refractivity contribution >= 4 is 21.8 Å². The van der Waals surface area contributed by atoms with E-state index in [4.69, 9.17) is 0 Å². The fraction of sp³-hybridized carbons (Fsp3) is 0.100. The highest BCUT2D eigenvalue weighted by Crippen LogP contribution is 2.61. The van der Waals surface area contributed by atoms with Crippen molar-refractivity contribution in [2.24, 2.45) is 0 Å². The largest absolute Gasteiger partial charge is 0.309 e. The minimum atomic E-state index is -0.460. The van der Waals surface area contributed by atoms with Crippen molar-refractivity contribution < 1.29 is 0 Å². The van der Waals surface area contributed by atoms with E-state index in [2.05, 4.69) is 225 Å². The van der Waals surface area contributed by atoms with Gasteiger partial charge >= 0.3 is 0 Å². The predicted octanol–water partition coefficient (Wildman–Crippen LogP) is 14.8. The van der Waals surface area contributed by atoms with Gasteiger partial charge in [0.15, 0.2) is 0 Å². The van der Waals surface area contributed by atoms with Crippen molar-refractivity contribution in [2.45, 2.75) is 37.0 Å². The van der Waals surface area contributed by atoms with Crippen molar-refractivity contribution in [3.05, 3.63) is 256 Å². The van der Waals surface area contributed by atoms with Crippen molar-refractivity contribution in [2.75, 3.05) is 0 Å². The molecule has 3 aliphatic rings. The summed E-state index contributed by atoms with van der Waals surface area (Å²) >= 11 is 0. The molecule has 1 spiro atoms. The van der Waals surface area contributed by atoms with E-state index in [0.29, 0.717) is 0 Å². The van der Waals surface area contributed by atoms with E-state index in [1.54, 1.807) is 0 Å². The van der Waals surface area contributed by atoms with Gasteiger partial charge < -0.3 is 4.57 Å². The highest BCUT2D eigenvalue weighted by atomic mass is 15.0. The van der Waals surface area contributed by atoms with E-state index in [-0.39, 0.29) is 11.3 Å². The van der Waals surface area contributed by atoms with E-state index in [1.807, 2.05) is 0 Å². The van der Waals surface area contributed by atoms with Gasteiger partial charge in [0.25, 0.3) is 0 Å². The first-order valence-electron chi connectivity index (χ1n) is 21.8. The van der Waals surface area contributed by atoms with Gasteiger partial charge in [-0.05, 0) is 102 Å². The monoisotopic (exact) mass is 777 g/mol. The summed E-state index contributed by atoms with van der Waals surface area (Å²) in [4.78, 5) is 0. The highest BCUT2D eigenvalue weighted by molar-refractivity contribution is 6.12. The smallest absolute Gasteiger partial charge is 0.0754 e. The second-order valence-electron chi connectivity index (χ2n) is 18.0. The summed E-state index contributed by atoms with van der Waals surface area (Å²) in [6, 6.07) is 78.2. The van der Waals surface area contributed by atoms with Gasteiger partial charge in [-0.1, -0.05) is 208 Å². The molecule has 2 atom stereocenters. The van der Waals surface area contributed by atoms with Gasteiger partial charge in [-0.3, -0.25) is 0 Å². The summed E-state index contributed by atoms with van der Waals surface area (Å²) in [5, 5.41) is 2.61. The van der Waals surface area contributed by atoms with Crippen LogP contribution in [0.1, 0.15) is 69.8 Å². The molecule has 1 nitrogen and oxygen atoms in total. The summed E-state index contributed by atoms with van der Waals surface area (Å²) in [5.41, 5.74) is 23.5. The Morgan fingerprint density at radius 2 is 1.02 bits per heavy atom. The zero-order valence-electron chi connectivity index (χ0n) is 34.4. The standard InChI is InChI=1S/C60H43N/c1-59(2)50-21-9-6-17-43(50)45-33-27-38(36-55(45)59)35-48(41-30-28-40(29-31-41)39-15-4-3-5-16-39)42-32-34-52-49(37-42)44-18-7-10-22-51(44)60(52)53-23-11-13-26-57(53)61-56-25-12-8-19-46(56)47-20-14-24-54(60)58(47)61/h3-34,36-37,48H,35H2,1-2H3/t48-,60?/m0/s1. The van der Waals surface area contributed by atoms with Crippen LogP contribution in [-0.2, 0) is 17.3 Å². The minimum Gasteiger partial charge on any atom is -0.309 e. The zero-order valence-corrected chi connectivity index (χ0v) is 34.4. The fourth-order valence-electron chi connectivity index (χ4n) is 11.9. The molecule has 0 radical (unpaired) electrons. The maximum atomic E-state index is 2.55. The molecule has 1 aromatic heterocycles. The first kappa shape index (κ1) is 34.6. The summed E-state index contributed by atoms with van der Waals surface area (Å²) in [6.45, 7) is 4.77. The van der Waals surface area contributed by atoms with Crippen LogP contribution in [0.15, 0.2) is 206 Å². The Morgan fingerprint density at radius 3 is 1.85 bits per heavy atom. The van der Waals surface area contributed by atoms with Gasteiger partial charge in [-0.15, -0.1) is 0 Å². The molecular weight excluding hydrogens is 735 g/mol. The maximum absolute atomic E-state index is 2.55. The van der Waals surface area contributed by atoms with Crippen LogP contribution in [-0.4, -0.2) is 4.57 Å². The number of aromatic nitrogens is 1. The number of para-hydroxylation sites is 3. The third-order valence-corrected chi connectivity index (χ3v) is 14.6. The molecule has 0 saturated carbocycles. The van der Waals surface area contributed by atoms with Crippen LogP contribution < -0.4 is 0 Å². The quantitative estimate of drug-likeness (QED) is 0.164. The number of nitrogens with zero attached hydrogens (tertiary/aromatic N) is 1. The van der Waals surface area contributed by atoms with Crippen LogP contribution in [0.25, 0.3) is 60.9 Å². The van der Waals surface area contributed by atoms with Gasteiger partial charge in [0.2, 0.25) is 0 Å². The molecule has 288 valence electrons. The van der Waals surface area contributed by atoms with Crippen molar-refractivity contribution in [1.29, 1.82) is 0 Å². The third-order valence-electron chi connectivity index (χ3n) is 14.6. The summed E-state index contributed by atoms with van der Waals surface area (Å²) in [5.74, 6) is 0.147. The molecule has 1 unspecified atom stereocenters. The lowest BCUT2D eigenvalue weighted by molar-refractivity contribution is 0.658. The molecule has 2 aliphatic carbocycles. The van der Waals surface area contributed by atoms with Gasteiger partial charge in [0.1, 0.15) is 0 Å². The van der Waals surface area contributed by atoms with Crippen molar-refractivity contribution in [1.82, 2.24) is 4.57 Å². The molecule has 0 bridgehead atoms. The van der Waals surface area contributed by atoms with E-state index in [0.717, 1.165) is 6.42 Å². The Balaban J connectivity index is 1.01. The van der Waals surface area contributed by atoms with Crippen molar-refractivity contribution in [3.63, 3.8) is 0 Å². The average molecular weight is 778 g/mol. The number of fused-ring (bicyclic) bond motifs is 15. The van der Waals surface area contributed by atoms with Crippen LogP contribution in [0, 0.1) is 0 Å². The Labute approximate surface area is 357 Å². The van der Waals surface area contributed by atoms with Gasteiger partial charge in [0, 0.05) is 22.1 Å². The second kappa shape index (κ2) is 12.6. The molecule has 1 aliphatic heterocycles.